The van der Waals surface area contributed by atoms with Crippen LogP contribution >= 0.6 is 27.5 Å². The van der Waals surface area contributed by atoms with Crippen LogP contribution in [0.1, 0.15) is 11.1 Å². The van der Waals surface area contributed by atoms with E-state index in [-0.39, 0.29) is 11.4 Å². The van der Waals surface area contributed by atoms with Gasteiger partial charge in [0.25, 0.3) is 0 Å². The molecule has 0 aromatic heterocycles. The quantitative estimate of drug-likeness (QED) is 0.430. The van der Waals surface area contributed by atoms with Crippen LogP contribution in [0, 0.1) is 17.0 Å². The van der Waals surface area contributed by atoms with Crippen LogP contribution < -0.4 is 4.74 Å². The number of hydrogen-bond acceptors (Lipinski definition) is 3. The lowest BCUT2D eigenvalue weighted by atomic mass is 10.1. The second-order valence-corrected chi connectivity index (χ2v) is 5.38. The van der Waals surface area contributed by atoms with Gasteiger partial charge < -0.3 is 4.74 Å². The van der Waals surface area contributed by atoms with E-state index in [2.05, 4.69) is 15.9 Å². The van der Waals surface area contributed by atoms with Crippen molar-refractivity contribution < 1.29 is 9.66 Å². The van der Waals surface area contributed by atoms with Crippen molar-refractivity contribution in [3.05, 3.63) is 62.1 Å². The molecule has 4 nitrogen and oxygen atoms in total. The summed E-state index contributed by atoms with van der Waals surface area (Å²) in [7, 11) is 0. The fourth-order valence-electron chi connectivity index (χ4n) is 1.73. The van der Waals surface area contributed by atoms with Crippen LogP contribution in [0.5, 0.6) is 11.5 Å². The summed E-state index contributed by atoms with van der Waals surface area (Å²) in [5.74, 6) is 1.17. The van der Waals surface area contributed by atoms with Crippen LogP contribution in [-0.4, -0.2) is 4.92 Å². The zero-order valence-corrected chi connectivity index (χ0v) is 12.9. The number of rotatable bonds is 4. The van der Waals surface area contributed by atoms with Crippen LogP contribution in [0.15, 0.2) is 40.9 Å². The first kappa shape index (κ1) is 14.8. The maximum absolute atomic E-state index is 11.0. The molecule has 0 bridgehead atoms. The highest BCUT2D eigenvalue weighted by molar-refractivity contribution is 9.10. The molecule has 0 heterocycles. The molecule has 6 heteroatoms. The van der Waals surface area contributed by atoms with Gasteiger partial charge in [-0.2, -0.15) is 0 Å². The number of nitro groups is 1. The molecule has 0 N–H and O–H groups in total. The molecule has 20 heavy (non-hydrogen) atoms. The first-order chi connectivity index (χ1) is 9.51. The molecule has 104 valence electrons. The van der Waals surface area contributed by atoms with Gasteiger partial charge in [-0.3, -0.25) is 10.1 Å². The Morgan fingerprint density at radius 3 is 2.65 bits per heavy atom. The van der Waals surface area contributed by atoms with Crippen LogP contribution in [0.2, 0.25) is 0 Å². The van der Waals surface area contributed by atoms with Gasteiger partial charge in [-0.05, 0) is 42.3 Å². The summed E-state index contributed by atoms with van der Waals surface area (Å²) >= 11 is 9.00. The average molecular weight is 357 g/mol. The molecule has 0 aliphatic heterocycles. The smallest absolute Gasteiger partial charge is 0.312 e. The molecule has 2 aromatic rings. The SMILES string of the molecule is Cc1cc(Oc2ccc(Br)cc2[N+](=O)[O-])ccc1CCl. The van der Waals surface area contributed by atoms with E-state index in [1.165, 1.54) is 6.07 Å². The van der Waals surface area contributed by atoms with E-state index in [4.69, 9.17) is 16.3 Å². The van der Waals surface area contributed by atoms with Gasteiger partial charge in [0.1, 0.15) is 5.75 Å². The highest BCUT2D eigenvalue weighted by atomic mass is 79.9. The predicted octanol–water partition coefficient (Wildman–Crippen LogP) is 5.20. The number of nitrogens with zero attached hydrogens (tertiary/aromatic N) is 1. The lowest BCUT2D eigenvalue weighted by Crippen LogP contribution is -1.94. The van der Waals surface area contributed by atoms with Gasteiger partial charge in [-0.15, -0.1) is 11.6 Å². The number of hydrogen-bond donors (Lipinski definition) is 0. The van der Waals surface area contributed by atoms with Gasteiger partial charge in [0.15, 0.2) is 0 Å². The fourth-order valence-corrected chi connectivity index (χ4v) is 2.38. The van der Waals surface area contributed by atoms with E-state index >= 15 is 0 Å². The second kappa shape index (κ2) is 6.24. The highest BCUT2D eigenvalue weighted by Crippen LogP contribution is 2.34. The Balaban J connectivity index is 2.35. The van der Waals surface area contributed by atoms with Gasteiger partial charge in [0.05, 0.1) is 4.92 Å². The Labute approximate surface area is 129 Å². The minimum absolute atomic E-state index is 0.0848. The Hall–Kier alpha value is -1.59. The molecule has 0 amide bonds. The van der Waals surface area contributed by atoms with E-state index in [9.17, 15) is 10.1 Å². The third kappa shape index (κ3) is 3.29. The zero-order valence-electron chi connectivity index (χ0n) is 10.6. The topological polar surface area (TPSA) is 52.4 Å². The van der Waals surface area contributed by atoms with Gasteiger partial charge in [-0.25, -0.2) is 0 Å². The first-order valence-electron chi connectivity index (χ1n) is 5.78. The third-order valence-corrected chi connectivity index (χ3v) is 3.58. The summed E-state index contributed by atoms with van der Waals surface area (Å²) in [5, 5.41) is 11.0. The number of halogens is 2. The number of aryl methyl sites for hydroxylation is 1. The van der Waals surface area contributed by atoms with Crippen LogP contribution in [-0.2, 0) is 5.88 Å². The van der Waals surface area contributed by atoms with Crippen molar-refractivity contribution in [2.24, 2.45) is 0 Å². The predicted molar refractivity (Wildman–Crippen MR) is 81.6 cm³/mol. The fraction of sp³-hybridized carbons (Fsp3) is 0.143. The van der Waals surface area contributed by atoms with Gasteiger partial charge in [-0.1, -0.05) is 22.0 Å². The van der Waals surface area contributed by atoms with E-state index in [0.29, 0.717) is 16.1 Å². The van der Waals surface area contributed by atoms with Crippen molar-refractivity contribution in [2.75, 3.05) is 0 Å². The van der Waals surface area contributed by atoms with E-state index < -0.39 is 4.92 Å². The van der Waals surface area contributed by atoms with Crippen LogP contribution in [0.4, 0.5) is 5.69 Å². The van der Waals surface area contributed by atoms with Crippen molar-refractivity contribution in [3.8, 4) is 11.5 Å². The molecule has 0 saturated heterocycles. The summed E-state index contributed by atoms with van der Waals surface area (Å²) in [6, 6.07) is 10.1. The molecule has 0 spiro atoms. The van der Waals surface area contributed by atoms with Crippen LogP contribution in [0.25, 0.3) is 0 Å². The number of alkyl halides is 1. The lowest BCUT2D eigenvalue weighted by Gasteiger charge is -2.09. The minimum Gasteiger partial charge on any atom is -0.450 e. The van der Waals surface area contributed by atoms with Gasteiger partial charge in [0.2, 0.25) is 5.75 Å². The summed E-state index contributed by atoms with van der Waals surface area (Å²) in [4.78, 5) is 10.5. The first-order valence-corrected chi connectivity index (χ1v) is 7.11. The maximum atomic E-state index is 11.0. The maximum Gasteiger partial charge on any atom is 0.312 e. The molecule has 2 aromatic carbocycles. The Morgan fingerprint density at radius 2 is 2.05 bits per heavy atom. The molecule has 0 saturated carbocycles. The van der Waals surface area contributed by atoms with E-state index in [1.807, 2.05) is 19.1 Å². The van der Waals surface area contributed by atoms with Crippen molar-refractivity contribution >= 4 is 33.2 Å². The van der Waals surface area contributed by atoms with Gasteiger partial charge in [0, 0.05) is 16.4 Å². The largest absolute Gasteiger partial charge is 0.450 e. The Morgan fingerprint density at radius 1 is 1.30 bits per heavy atom. The highest BCUT2D eigenvalue weighted by Gasteiger charge is 2.16. The normalized spacial score (nSPS) is 10.3. The molecule has 0 radical (unpaired) electrons. The monoisotopic (exact) mass is 355 g/mol. The molecule has 2 rings (SSSR count). The molecular formula is C14H11BrClNO3. The number of benzene rings is 2. The summed E-state index contributed by atoms with van der Waals surface area (Å²) < 4.78 is 6.23. The Bertz CT molecular complexity index is 661. The lowest BCUT2D eigenvalue weighted by molar-refractivity contribution is -0.385. The summed E-state index contributed by atoms with van der Waals surface area (Å²) in [5.41, 5.74) is 1.90. The molecule has 0 aliphatic rings. The van der Waals surface area contributed by atoms with Crippen LogP contribution in [0.3, 0.4) is 0 Å². The molecule has 0 aliphatic carbocycles. The van der Waals surface area contributed by atoms with Crippen molar-refractivity contribution in [2.45, 2.75) is 12.8 Å². The van der Waals surface area contributed by atoms with E-state index in [1.54, 1.807) is 18.2 Å². The van der Waals surface area contributed by atoms with Crippen molar-refractivity contribution in [1.29, 1.82) is 0 Å². The second-order valence-electron chi connectivity index (χ2n) is 4.19. The number of ether oxygens (including phenoxy) is 1. The zero-order chi connectivity index (χ0) is 14.7. The molecule has 0 fully saturated rings. The minimum atomic E-state index is -0.472. The standard InChI is InChI=1S/C14H11BrClNO3/c1-9-6-12(4-2-10(9)8-16)20-14-5-3-11(15)7-13(14)17(18)19/h2-7H,8H2,1H3. The van der Waals surface area contributed by atoms with Crippen molar-refractivity contribution in [3.63, 3.8) is 0 Å². The molecule has 0 unspecified atom stereocenters. The summed E-state index contributed by atoms with van der Waals surface area (Å²) in [6.45, 7) is 1.92. The number of nitro benzene ring substituents is 1. The van der Waals surface area contributed by atoms with Crippen molar-refractivity contribution in [1.82, 2.24) is 0 Å². The third-order valence-electron chi connectivity index (χ3n) is 2.80. The molecular weight excluding hydrogens is 346 g/mol. The average Bonchev–Trinajstić information content (AvgIpc) is 2.41. The molecule has 0 atom stereocenters. The van der Waals surface area contributed by atoms with E-state index in [0.717, 1.165) is 11.1 Å². The summed E-state index contributed by atoms with van der Waals surface area (Å²) in [6.07, 6.45) is 0. The Kier molecular flexibility index (Phi) is 4.62. The van der Waals surface area contributed by atoms with Gasteiger partial charge >= 0.3 is 5.69 Å².